The van der Waals surface area contributed by atoms with Crippen molar-refractivity contribution in [3.05, 3.63) is 244 Å². The maximum atomic E-state index is 2.74. The Balaban J connectivity index is 1.14. The fourth-order valence-corrected chi connectivity index (χ4v) is 15.5. The van der Waals surface area contributed by atoms with Gasteiger partial charge in [0.05, 0.1) is 5.69 Å². The molecule has 2 nitrogen and oxygen atoms in total. The van der Waals surface area contributed by atoms with Crippen LogP contribution >= 0.6 is 0 Å². The lowest BCUT2D eigenvalue weighted by molar-refractivity contribution is 0.332. The summed E-state index contributed by atoms with van der Waals surface area (Å²) in [5.74, 6) is 0.261. The van der Waals surface area contributed by atoms with Gasteiger partial charge in [0.25, 0.3) is 6.71 Å². The van der Waals surface area contributed by atoms with Gasteiger partial charge in [-0.15, -0.1) is 0 Å². The molecule has 436 valence electrons. The van der Waals surface area contributed by atoms with Crippen LogP contribution in [0, 0.1) is 0 Å². The first kappa shape index (κ1) is 57.7. The van der Waals surface area contributed by atoms with Gasteiger partial charge in [-0.1, -0.05) is 251 Å². The third-order valence-corrected chi connectivity index (χ3v) is 21.8. The Labute approximate surface area is 517 Å². The third kappa shape index (κ3) is 9.43. The molecule has 0 aromatic heterocycles. The zero-order valence-corrected chi connectivity index (χ0v) is 54.8. The Bertz CT molecular complexity index is 4120. The average Bonchev–Trinajstić information content (AvgIpc) is 0.733. The highest BCUT2D eigenvalue weighted by Crippen LogP contribution is 2.54. The van der Waals surface area contributed by atoms with Crippen LogP contribution in [0.1, 0.15) is 205 Å². The number of nitrogens with zero attached hydrogens (tertiary/aromatic N) is 2. The minimum Gasteiger partial charge on any atom is -0.311 e. The highest BCUT2D eigenvalue weighted by molar-refractivity contribution is 7.00. The molecule has 9 aromatic carbocycles. The SMILES string of the molecule is CC(C)c1cc2c3c(c1)N(c1ccc(C(C)(C)c4ccccc4)cc1-c1cccc(-c4ccc(C(C)(C)C)cc4)c1)c1ccc(C(C)(C)c4ccccc4)cc1B3c1cc3c(cc1N2c1ccc2c(c1)C(C)(C)CCC2(C)C)C(C)(C)CCC3(C)C. The predicted octanol–water partition coefficient (Wildman–Crippen LogP) is 20.9. The van der Waals surface area contributed by atoms with Crippen LogP contribution in [0.15, 0.2) is 188 Å². The van der Waals surface area contributed by atoms with Crippen molar-refractivity contribution in [2.45, 2.75) is 187 Å². The number of anilines is 6. The van der Waals surface area contributed by atoms with Crippen LogP contribution in [0.4, 0.5) is 34.1 Å². The molecule has 86 heavy (non-hydrogen) atoms. The van der Waals surface area contributed by atoms with E-state index in [2.05, 4.69) is 316 Å². The van der Waals surface area contributed by atoms with Crippen LogP contribution in [-0.2, 0) is 37.9 Å². The zero-order valence-electron chi connectivity index (χ0n) is 54.8. The van der Waals surface area contributed by atoms with E-state index in [0.29, 0.717) is 0 Å². The predicted molar refractivity (Wildman–Crippen MR) is 372 cm³/mol. The van der Waals surface area contributed by atoms with Gasteiger partial charge >= 0.3 is 0 Å². The Morgan fingerprint density at radius 2 is 0.849 bits per heavy atom. The Kier molecular flexibility index (Phi) is 13.5. The fourth-order valence-electron chi connectivity index (χ4n) is 15.5. The molecule has 0 atom stereocenters. The van der Waals surface area contributed by atoms with E-state index in [1.807, 2.05) is 0 Å². The van der Waals surface area contributed by atoms with Crippen molar-refractivity contribution >= 4 is 57.2 Å². The fraction of sp³-hybridized carbons (Fsp3) is 0.349. The monoisotopic (exact) mass is 1130 g/mol. The van der Waals surface area contributed by atoms with E-state index in [4.69, 9.17) is 0 Å². The van der Waals surface area contributed by atoms with Crippen molar-refractivity contribution < 1.29 is 0 Å². The number of rotatable bonds is 9. The maximum absolute atomic E-state index is 2.74. The summed E-state index contributed by atoms with van der Waals surface area (Å²) < 4.78 is 0. The lowest BCUT2D eigenvalue weighted by Crippen LogP contribution is -2.62. The first-order valence-corrected chi connectivity index (χ1v) is 32.3. The second kappa shape index (κ2) is 20.1. The van der Waals surface area contributed by atoms with Gasteiger partial charge in [-0.05, 0) is 202 Å². The topological polar surface area (TPSA) is 6.48 Å². The molecule has 0 amide bonds. The zero-order chi connectivity index (χ0) is 60.8. The summed E-state index contributed by atoms with van der Waals surface area (Å²) >= 11 is 0. The Morgan fingerprint density at radius 1 is 0.360 bits per heavy atom. The van der Waals surface area contributed by atoms with Gasteiger partial charge in [0.2, 0.25) is 0 Å². The molecule has 2 heterocycles. The van der Waals surface area contributed by atoms with Crippen molar-refractivity contribution in [2.75, 3.05) is 9.80 Å². The van der Waals surface area contributed by atoms with E-state index in [0.717, 1.165) is 19.3 Å². The van der Waals surface area contributed by atoms with E-state index in [1.165, 1.54) is 135 Å². The van der Waals surface area contributed by atoms with Crippen molar-refractivity contribution in [1.29, 1.82) is 0 Å². The summed E-state index contributed by atoms with van der Waals surface area (Å²) in [7, 11) is 0. The highest BCUT2D eigenvalue weighted by Gasteiger charge is 2.48. The quantitative estimate of drug-likeness (QED) is 0.133. The molecule has 0 radical (unpaired) electrons. The summed E-state index contributed by atoms with van der Waals surface area (Å²) in [5, 5.41) is 0. The summed E-state index contributed by atoms with van der Waals surface area (Å²) in [6.07, 6.45) is 4.65. The summed E-state index contributed by atoms with van der Waals surface area (Å²) in [4.78, 5) is 5.45. The molecule has 0 N–H and O–H groups in total. The van der Waals surface area contributed by atoms with Gasteiger partial charge in [0.15, 0.2) is 0 Å². The lowest BCUT2D eigenvalue weighted by Gasteiger charge is -2.48. The summed E-state index contributed by atoms with van der Waals surface area (Å²) in [6.45, 7) is 41.2. The molecule has 0 saturated carbocycles. The van der Waals surface area contributed by atoms with Gasteiger partial charge < -0.3 is 9.80 Å². The number of benzene rings is 9. The van der Waals surface area contributed by atoms with Gasteiger partial charge in [-0.25, -0.2) is 0 Å². The first-order chi connectivity index (χ1) is 40.6. The molecule has 2 aliphatic carbocycles. The molecule has 2 aliphatic heterocycles. The van der Waals surface area contributed by atoms with Gasteiger partial charge in [0.1, 0.15) is 0 Å². The van der Waals surface area contributed by atoms with E-state index < -0.39 is 0 Å². The summed E-state index contributed by atoms with van der Waals surface area (Å²) in [6, 6.07) is 74.2. The third-order valence-electron chi connectivity index (χ3n) is 21.8. The molecule has 4 aliphatic rings. The van der Waals surface area contributed by atoms with Gasteiger partial charge in [-0.2, -0.15) is 0 Å². The van der Waals surface area contributed by atoms with Crippen LogP contribution < -0.4 is 26.2 Å². The van der Waals surface area contributed by atoms with Crippen molar-refractivity contribution in [1.82, 2.24) is 0 Å². The lowest BCUT2D eigenvalue weighted by atomic mass is 9.32. The standard InChI is InChI=1S/C83H91BN2/c1-53(2)57-46-74-76-75(47-57)86(71-39-35-61(82(14,15)59-27-20-18-21-28-59)48-64(71)56-26-24-25-55(45-56)54-31-33-58(34-32-54)77(3,4)5)72-40-36-62(83(16,17)60-29-22-19-23-30-60)49-69(72)84(76)70-51-67-68(81(12,13)44-43-80(67,10)11)52-73(70)85(74)63-37-38-65-66(50-63)79(8,9)42-41-78(65,6)7/h18-40,45-53H,41-44H2,1-17H3. The maximum Gasteiger partial charge on any atom is 0.252 e. The average molecular weight is 1130 g/mol. The molecular weight excluding hydrogens is 1040 g/mol. The normalized spacial score (nSPS) is 17.1. The first-order valence-electron chi connectivity index (χ1n) is 32.3. The minimum absolute atomic E-state index is 0.00473. The molecule has 0 unspecified atom stereocenters. The second-order valence-corrected chi connectivity index (χ2v) is 31.3. The van der Waals surface area contributed by atoms with Crippen molar-refractivity contribution in [2.24, 2.45) is 0 Å². The molecule has 0 saturated heterocycles. The Hall–Kier alpha value is -7.36. The molecular formula is C83H91BN2. The highest BCUT2D eigenvalue weighted by atomic mass is 15.2. The largest absolute Gasteiger partial charge is 0.311 e. The van der Waals surface area contributed by atoms with Crippen LogP contribution in [0.2, 0.25) is 0 Å². The number of hydrogen-bond donors (Lipinski definition) is 0. The molecule has 0 bridgehead atoms. The van der Waals surface area contributed by atoms with Gasteiger partial charge in [0, 0.05) is 44.8 Å². The summed E-state index contributed by atoms with van der Waals surface area (Å²) in [5.41, 5.74) is 30.0. The van der Waals surface area contributed by atoms with E-state index >= 15 is 0 Å². The number of hydrogen-bond acceptors (Lipinski definition) is 2. The van der Waals surface area contributed by atoms with Crippen LogP contribution in [0.5, 0.6) is 0 Å². The molecule has 9 aromatic rings. The van der Waals surface area contributed by atoms with E-state index in [9.17, 15) is 0 Å². The van der Waals surface area contributed by atoms with E-state index in [1.54, 1.807) is 0 Å². The van der Waals surface area contributed by atoms with Crippen molar-refractivity contribution in [3.8, 4) is 22.3 Å². The van der Waals surface area contributed by atoms with Crippen molar-refractivity contribution in [3.63, 3.8) is 0 Å². The van der Waals surface area contributed by atoms with Crippen LogP contribution in [0.3, 0.4) is 0 Å². The van der Waals surface area contributed by atoms with Gasteiger partial charge in [-0.3, -0.25) is 0 Å². The van der Waals surface area contributed by atoms with Crippen LogP contribution in [-0.4, -0.2) is 6.71 Å². The second-order valence-electron chi connectivity index (χ2n) is 31.3. The molecule has 3 heteroatoms. The molecule has 0 fully saturated rings. The number of fused-ring (bicyclic) bond motifs is 6. The smallest absolute Gasteiger partial charge is 0.252 e. The Morgan fingerprint density at radius 3 is 1.42 bits per heavy atom. The minimum atomic E-state index is -0.279. The van der Waals surface area contributed by atoms with Crippen LogP contribution in [0.25, 0.3) is 22.3 Å². The molecule has 0 spiro atoms. The molecule has 13 rings (SSSR count). The van der Waals surface area contributed by atoms with E-state index in [-0.39, 0.29) is 50.5 Å².